The molecule has 1 aromatic rings. The summed E-state index contributed by atoms with van der Waals surface area (Å²) < 4.78 is 9.95. The van der Waals surface area contributed by atoms with Crippen LogP contribution in [0.5, 0.6) is 0 Å². The molecule has 1 aromatic carbocycles. The molecule has 144 valence electrons. The molecule has 0 N–H and O–H groups in total. The quantitative estimate of drug-likeness (QED) is 0.580. The van der Waals surface area contributed by atoms with E-state index in [1.165, 1.54) is 14.0 Å². The van der Waals surface area contributed by atoms with Crippen LogP contribution in [0.3, 0.4) is 0 Å². The van der Waals surface area contributed by atoms with Crippen molar-refractivity contribution in [1.29, 1.82) is 0 Å². The van der Waals surface area contributed by atoms with Crippen LogP contribution in [0.15, 0.2) is 24.3 Å². The Balaban J connectivity index is 1.63. The van der Waals surface area contributed by atoms with Gasteiger partial charge in [-0.1, -0.05) is 25.0 Å². The SMILES string of the molecule is COC(=O)c1cccc(COC(=O)[C@H](C)N2C(=O)[C@H]3CCCC[C@H]3C2=O)c1. The Morgan fingerprint density at radius 2 is 1.78 bits per heavy atom. The standard InChI is InChI=1S/C20H23NO6/c1-12(21-17(22)15-8-3-4-9-16(15)18(21)23)19(24)27-11-13-6-5-7-14(10-13)20(25)26-2/h5-7,10,12,15-16H,3-4,8-9,11H2,1-2H3/t12-,15-,16+/m0/s1. The van der Waals surface area contributed by atoms with E-state index in [2.05, 4.69) is 4.74 Å². The molecule has 1 aliphatic carbocycles. The first-order chi connectivity index (χ1) is 12.9. The van der Waals surface area contributed by atoms with E-state index >= 15 is 0 Å². The summed E-state index contributed by atoms with van der Waals surface area (Å²) in [7, 11) is 1.29. The number of hydrogen-bond acceptors (Lipinski definition) is 6. The number of carbonyl (C=O) groups excluding carboxylic acids is 4. The monoisotopic (exact) mass is 373 g/mol. The van der Waals surface area contributed by atoms with E-state index in [-0.39, 0.29) is 30.3 Å². The number of fused-ring (bicyclic) bond motifs is 1. The number of hydrogen-bond donors (Lipinski definition) is 0. The molecule has 0 aromatic heterocycles. The van der Waals surface area contributed by atoms with Gasteiger partial charge in [0.05, 0.1) is 24.5 Å². The third kappa shape index (κ3) is 3.72. The van der Waals surface area contributed by atoms with Crippen molar-refractivity contribution in [2.45, 2.75) is 45.3 Å². The molecule has 0 radical (unpaired) electrons. The average Bonchev–Trinajstić information content (AvgIpc) is 2.96. The van der Waals surface area contributed by atoms with Crippen molar-refractivity contribution in [3.8, 4) is 0 Å². The number of amides is 2. The predicted octanol–water partition coefficient (Wildman–Crippen LogP) is 2.08. The van der Waals surface area contributed by atoms with Gasteiger partial charge in [0.15, 0.2) is 0 Å². The molecule has 1 saturated heterocycles. The summed E-state index contributed by atoms with van der Waals surface area (Å²) in [5, 5.41) is 0. The van der Waals surface area contributed by atoms with Crippen molar-refractivity contribution in [3.63, 3.8) is 0 Å². The summed E-state index contributed by atoms with van der Waals surface area (Å²) in [6.45, 7) is 1.46. The first-order valence-electron chi connectivity index (χ1n) is 9.15. The molecule has 1 saturated carbocycles. The molecule has 3 atom stereocenters. The van der Waals surface area contributed by atoms with Crippen LogP contribution in [0, 0.1) is 11.8 Å². The van der Waals surface area contributed by atoms with E-state index in [1.54, 1.807) is 24.3 Å². The van der Waals surface area contributed by atoms with Gasteiger partial charge in [-0.05, 0) is 37.5 Å². The van der Waals surface area contributed by atoms with E-state index in [0.717, 1.165) is 17.7 Å². The Morgan fingerprint density at radius 1 is 1.15 bits per heavy atom. The Bertz CT molecular complexity index is 749. The second-order valence-electron chi connectivity index (χ2n) is 7.02. The van der Waals surface area contributed by atoms with E-state index in [1.807, 2.05) is 0 Å². The summed E-state index contributed by atoms with van der Waals surface area (Å²) in [4.78, 5) is 50.2. The number of rotatable bonds is 5. The lowest BCUT2D eigenvalue weighted by Crippen LogP contribution is -2.44. The van der Waals surface area contributed by atoms with E-state index < -0.39 is 18.0 Å². The minimum atomic E-state index is -0.959. The summed E-state index contributed by atoms with van der Waals surface area (Å²) in [6.07, 6.45) is 3.27. The van der Waals surface area contributed by atoms with Crippen LogP contribution in [-0.4, -0.2) is 41.8 Å². The van der Waals surface area contributed by atoms with Crippen molar-refractivity contribution < 1.29 is 28.7 Å². The number of methoxy groups -OCH3 is 1. The molecular weight excluding hydrogens is 350 g/mol. The minimum Gasteiger partial charge on any atom is -0.465 e. The highest BCUT2D eigenvalue weighted by atomic mass is 16.5. The fourth-order valence-electron chi connectivity index (χ4n) is 3.86. The first-order valence-corrected chi connectivity index (χ1v) is 9.15. The third-order valence-electron chi connectivity index (χ3n) is 5.33. The van der Waals surface area contributed by atoms with Gasteiger partial charge in [-0.15, -0.1) is 0 Å². The number of carbonyl (C=O) groups is 4. The maximum absolute atomic E-state index is 12.6. The highest BCUT2D eigenvalue weighted by molar-refractivity contribution is 6.07. The second kappa shape index (κ2) is 7.90. The van der Waals surface area contributed by atoms with E-state index in [0.29, 0.717) is 24.0 Å². The molecule has 7 heteroatoms. The predicted molar refractivity (Wildman–Crippen MR) is 94.3 cm³/mol. The summed E-state index contributed by atoms with van der Waals surface area (Å²) in [5.41, 5.74) is 0.972. The summed E-state index contributed by atoms with van der Waals surface area (Å²) in [5.74, 6) is -2.23. The van der Waals surface area contributed by atoms with Gasteiger partial charge in [-0.25, -0.2) is 9.59 Å². The Labute approximate surface area is 157 Å². The van der Waals surface area contributed by atoms with Gasteiger partial charge < -0.3 is 9.47 Å². The van der Waals surface area contributed by atoms with Crippen LogP contribution >= 0.6 is 0 Å². The molecule has 0 bridgehead atoms. The van der Waals surface area contributed by atoms with Crippen LogP contribution in [0.4, 0.5) is 0 Å². The Kier molecular flexibility index (Phi) is 5.58. The normalized spacial score (nSPS) is 23.0. The van der Waals surface area contributed by atoms with Crippen molar-refractivity contribution >= 4 is 23.8 Å². The first kappa shape index (κ1) is 19.1. The number of esters is 2. The van der Waals surface area contributed by atoms with Crippen LogP contribution in [-0.2, 0) is 30.5 Å². The molecular formula is C20H23NO6. The topological polar surface area (TPSA) is 90.0 Å². The zero-order chi connectivity index (χ0) is 19.6. The zero-order valence-corrected chi connectivity index (χ0v) is 15.5. The lowest BCUT2D eigenvalue weighted by atomic mass is 9.81. The molecule has 2 fully saturated rings. The smallest absolute Gasteiger partial charge is 0.337 e. The van der Waals surface area contributed by atoms with Crippen molar-refractivity contribution in [2.24, 2.45) is 11.8 Å². The largest absolute Gasteiger partial charge is 0.465 e. The van der Waals surface area contributed by atoms with Crippen LogP contribution < -0.4 is 0 Å². The fourth-order valence-corrected chi connectivity index (χ4v) is 3.86. The molecule has 7 nitrogen and oxygen atoms in total. The number of imide groups is 1. The lowest BCUT2D eigenvalue weighted by Gasteiger charge is -2.21. The average molecular weight is 373 g/mol. The number of nitrogens with zero attached hydrogens (tertiary/aromatic N) is 1. The van der Waals surface area contributed by atoms with Gasteiger partial charge in [0, 0.05) is 0 Å². The van der Waals surface area contributed by atoms with Crippen molar-refractivity contribution in [1.82, 2.24) is 4.90 Å². The minimum absolute atomic E-state index is 0.0584. The van der Waals surface area contributed by atoms with Gasteiger partial charge in [-0.2, -0.15) is 0 Å². The van der Waals surface area contributed by atoms with Crippen LogP contribution in [0.2, 0.25) is 0 Å². The maximum atomic E-state index is 12.6. The fraction of sp³-hybridized carbons (Fsp3) is 0.500. The number of ether oxygens (including phenoxy) is 2. The van der Waals surface area contributed by atoms with Crippen LogP contribution in [0.1, 0.15) is 48.5 Å². The molecule has 1 aliphatic heterocycles. The molecule has 2 aliphatic rings. The van der Waals surface area contributed by atoms with E-state index in [9.17, 15) is 19.2 Å². The van der Waals surface area contributed by atoms with Gasteiger partial charge in [0.2, 0.25) is 11.8 Å². The third-order valence-corrected chi connectivity index (χ3v) is 5.33. The highest BCUT2D eigenvalue weighted by Crippen LogP contribution is 2.38. The van der Waals surface area contributed by atoms with Gasteiger partial charge >= 0.3 is 11.9 Å². The van der Waals surface area contributed by atoms with Crippen LogP contribution in [0.25, 0.3) is 0 Å². The van der Waals surface area contributed by atoms with Crippen molar-refractivity contribution in [2.75, 3.05) is 7.11 Å². The Hall–Kier alpha value is -2.70. The Morgan fingerprint density at radius 3 is 2.37 bits per heavy atom. The van der Waals surface area contributed by atoms with E-state index in [4.69, 9.17) is 4.74 Å². The summed E-state index contributed by atoms with van der Waals surface area (Å²) >= 11 is 0. The summed E-state index contributed by atoms with van der Waals surface area (Å²) in [6, 6.07) is 5.59. The van der Waals surface area contributed by atoms with Gasteiger partial charge in [0.1, 0.15) is 12.6 Å². The molecule has 0 spiro atoms. The number of benzene rings is 1. The zero-order valence-electron chi connectivity index (χ0n) is 15.5. The molecule has 1 heterocycles. The van der Waals surface area contributed by atoms with Crippen molar-refractivity contribution in [3.05, 3.63) is 35.4 Å². The number of likely N-dealkylation sites (tertiary alicyclic amines) is 1. The molecule has 27 heavy (non-hydrogen) atoms. The molecule has 0 unspecified atom stereocenters. The molecule has 3 rings (SSSR count). The van der Waals surface area contributed by atoms with Gasteiger partial charge in [-0.3, -0.25) is 14.5 Å². The molecule has 2 amide bonds. The van der Waals surface area contributed by atoms with Gasteiger partial charge in [0.25, 0.3) is 0 Å². The second-order valence-corrected chi connectivity index (χ2v) is 7.02. The maximum Gasteiger partial charge on any atom is 0.337 e. The highest BCUT2D eigenvalue weighted by Gasteiger charge is 2.51. The lowest BCUT2D eigenvalue weighted by molar-refractivity contribution is -0.159.